The molecule has 1 N–H and O–H groups in total. The van der Waals surface area contributed by atoms with E-state index in [9.17, 15) is 14.0 Å². The number of amides is 2. The van der Waals surface area contributed by atoms with Crippen LogP contribution >= 0.6 is 11.6 Å². The van der Waals surface area contributed by atoms with Crippen molar-refractivity contribution < 1.29 is 14.0 Å². The number of benzene rings is 1. The third kappa shape index (κ3) is 3.02. The van der Waals surface area contributed by atoms with Crippen LogP contribution in [-0.4, -0.2) is 29.3 Å². The molecule has 1 heterocycles. The van der Waals surface area contributed by atoms with E-state index >= 15 is 0 Å². The van der Waals surface area contributed by atoms with E-state index in [1.54, 1.807) is 6.07 Å². The summed E-state index contributed by atoms with van der Waals surface area (Å²) in [7, 11) is 0. The van der Waals surface area contributed by atoms with Crippen LogP contribution in [0.3, 0.4) is 0 Å². The van der Waals surface area contributed by atoms with Gasteiger partial charge in [-0.2, -0.15) is 0 Å². The maximum absolute atomic E-state index is 13.7. The molecule has 1 aliphatic heterocycles. The second-order valence-electron chi connectivity index (χ2n) is 9.47. The van der Waals surface area contributed by atoms with E-state index in [-0.39, 0.29) is 22.3 Å². The molecule has 5 aliphatic rings. The van der Waals surface area contributed by atoms with Gasteiger partial charge < -0.3 is 10.2 Å². The summed E-state index contributed by atoms with van der Waals surface area (Å²) < 4.78 is 13.7. The molecule has 5 fully saturated rings. The second kappa shape index (κ2) is 6.72. The molecule has 28 heavy (non-hydrogen) atoms. The van der Waals surface area contributed by atoms with Crippen molar-refractivity contribution in [2.45, 2.75) is 57.4 Å². The lowest BCUT2D eigenvalue weighted by Crippen LogP contribution is -2.56. The largest absolute Gasteiger partial charge is 0.330 e. The van der Waals surface area contributed by atoms with Crippen molar-refractivity contribution in [2.24, 2.45) is 23.2 Å². The Morgan fingerprint density at radius 3 is 2.36 bits per heavy atom. The van der Waals surface area contributed by atoms with E-state index in [2.05, 4.69) is 5.32 Å². The molecular formula is C22H26ClFN2O2. The van der Waals surface area contributed by atoms with Gasteiger partial charge >= 0.3 is 0 Å². The number of nitrogens with one attached hydrogen (secondary N) is 1. The summed E-state index contributed by atoms with van der Waals surface area (Å²) in [6, 6.07) is 3.78. The minimum Gasteiger partial charge on any atom is -0.330 e. The average Bonchev–Trinajstić information content (AvgIpc) is 3.13. The lowest BCUT2D eigenvalue weighted by atomic mass is 9.49. The minimum atomic E-state index is -0.563. The number of carbonyl (C=O) groups is 2. The SMILES string of the molecule is O=C(Nc1ccc(Cl)c(F)c1)C1CCCN1C(=O)C12CC3CC(CC(C3)C1)C2. The van der Waals surface area contributed by atoms with Crippen LogP contribution in [0.15, 0.2) is 18.2 Å². The summed E-state index contributed by atoms with van der Waals surface area (Å²) in [4.78, 5) is 28.4. The van der Waals surface area contributed by atoms with Gasteiger partial charge in [-0.1, -0.05) is 11.6 Å². The molecule has 1 aromatic rings. The Morgan fingerprint density at radius 2 is 1.75 bits per heavy atom. The molecule has 1 atom stereocenters. The van der Waals surface area contributed by atoms with Crippen LogP contribution in [0.25, 0.3) is 0 Å². The smallest absolute Gasteiger partial charge is 0.247 e. The fraction of sp³-hybridized carbons (Fsp3) is 0.636. The first kappa shape index (κ1) is 18.4. The minimum absolute atomic E-state index is 0.0254. The third-order valence-corrected chi connectivity index (χ3v) is 7.80. The molecule has 0 radical (unpaired) electrons. The fourth-order valence-corrected chi connectivity index (χ4v) is 6.88. The number of anilines is 1. The highest BCUT2D eigenvalue weighted by molar-refractivity contribution is 6.30. The summed E-state index contributed by atoms with van der Waals surface area (Å²) in [6.07, 6.45) is 8.39. The van der Waals surface area contributed by atoms with Gasteiger partial charge in [0, 0.05) is 12.2 Å². The number of carbonyl (C=O) groups excluding carboxylic acids is 2. The van der Waals surface area contributed by atoms with Gasteiger partial charge in [0.25, 0.3) is 0 Å². The highest BCUT2D eigenvalue weighted by Crippen LogP contribution is 2.60. The quantitative estimate of drug-likeness (QED) is 0.798. The molecule has 1 aromatic carbocycles. The lowest BCUT2D eigenvalue weighted by molar-refractivity contribution is -0.160. The second-order valence-corrected chi connectivity index (χ2v) is 9.88. The first-order valence-corrected chi connectivity index (χ1v) is 10.9. The van der Waals surface area contributed by atoms with Crippen LogP contribution < -0.4 is 5.32 Å². The lowest BCUT2D eigenvalue weighted by Gasteiger charge is -2.56. The van der Waals surface area contributed by atoms with Crippen molar-refractivity contribution in [1.29, 1.82) is 0 Å². The van der Waals surface area contributed by atoms with Crippen LogP contribution in [0.2, 0.25) is 5.02 Å². The van der Waals surface area contributed by atoms with E-state index in [1.165, 1.54) is 31.4 Å². The highest BCUT2D eigenvalue weighted by atomic mass is 35.5. The average molecular weight is 405 g/mol. The van der Waals surface area contributed by atoms with Crippen LogP contribution in [0.4, 0.5) is 10.1 Å². The molecule has 4 nitrogen and oxygen atoms in total. The zero-order valence-corrected chi connectivity index (χ0v) is 16.7. The van der Waals surface area contributed by atoms with Gasteiger partial charge in [-0.05, 0) is 87.3 Å². The molecule has 6 heteroatoms. The molecule has 4 bridgehead atoms. The number of hydrogen-bond donors (Lipinski definition) is 1. The molecule has 0 spiro atoms. The molecular weight excluding hydrogens is 379 g/mol. The summed E-state index contributed by atoms with van der Waals surface area (Å²) in [5, 5.41) is 2.80. The zero-order chi connectivity index (χ0) is 19.5. The van der Waals surface area contributed by atoms with Gasteiger partial charge in [0.1, 0.15) is 11.9 Å². The summed E-state index contributed by atoms with van der Waals surface area (Å²) >= 11 is 5.72. The number of hydrogen-bond acceptors (Lipinski definition) is 2. The van der Waals surface area contributed by atoms with Gasteiger partial charge in [0.15, 0.2) is 0 Å². The van der Waals surface area contributed by atoms with Crippen molar-refractivity contribution in [3.8, 4) is 0 Å². The predicted octanol–water partition coefficient (Wildman–Crippen LogP) is 4.63. The number of halogens is 2. The van der Waals surface area contributed by atoms with Crippen LogP contribution in [0, 0.1) is 29.0 Å². The van der Waals surface area contributed by atoms with Crippen LogP contribution in [-0.2, 0) is 9.59 Å². The molecule has 6 rings (SSSR count). The predicted molar refractivity (Wildman–Crippen MR) is 105 cm³/mol. The Bertz CT molecular complexity index is 791. The first-order chi connectivity index (χ1) is 13.4. The van der Waals surface area contributed by atoms with Crippen molar-refractivity contribution in [3.05, 3.63) is 29.0 Å². The van der Waals surface area contributed by atoms with Crippen molar-refractivity contribution >= 4 is 29.1 Å². The van der Waals surface area contributed by atoms with Gasteiger partial charge in [0.05, 0.1) is 10.4 Å². The third-order valence-electron chi connectivity index (χ3n) is 7.50. The summed E-state index contributed by atoms with van der Waals surface area (Å²) in [6.45, 7) is 0.646. The van der Waals surface area contributed by atoms with E-state index in [1.807, 2.05) is 4.90 Å². The monoisotopic (exact) mass is 404 g/mol. The Hall–Kier alpha value is -1.62. The highest BCUT2D eigenvalue weighted by Gasteiger charge is 2.56. The van der Waals surface area contributed by atoms with Gasteiger partial charge in [-0.15, -0.1) is 0 Å². The van der Waals surface area contributed by atoms with E-state index in [4.69, 9.17) is 11.6 Å². The molecule has 4 aliphatic carbocycles. The maximum atomic E-state index is 13.7. The molecule has 0 aromatic heterocycles. The van der Waals surface area contributed by atoms with Crippen molar-refractivity contribution in [3.63, 3.8) is 0 Å². The van der Waals surface area contributed by atoms with Crippen molar-refractivity contribution in [2.75, 3.05) is 11.9 Å². The number of rotatable bonds is 3. The topological polar surface area (TPSA) is 49.4 Å². The summed E-state index contributed by atoms with van der Waals surface area (Å²) in [5.74, 6) is 1.50. The van der Waals surface area contributed by atoms with Gasteiger partial charge in [-0.3, -0.25) is 9.59 Å². The zero-order valence-electron chi connectivity index (χ0n) is 15.9. The van der Waals surface area contributed by atoms with E-state index < -0.39 is 11.9 Å². The standard InChI is InChI=1S/C22H26ClFN2O2/c23-17-4-3-16(9-18(17)24)25-20(27)19-2-1-5-26(19)21(28)22-10-13-6-14(11-22)8-15(7-13)12-22/h3-4,9,13-15,19H,1-2,5-8,10-12H2,(H,25,27). The van der Waals surface area contributed by atoms with Crippen molar-refractivity contribution in [1.82, 2.24) is 4.90 Å². The van der Waals surface area contributed by atoms with E-state index in [0.29, 0.717) is 36.4 Å². The van der Waals surface area contributed by atoms with Gasteiger partial charge in [0.2, 0.25) is 11.8 Å². The maximum Gasteiger partial charge on any atom is 0.247 e. The fourth-order valence-electron chi connectivity index (χ4n) is 6.76. The molecule has 1 saturated heterocycles. The molecule has 2 amide bonds. The number of nitrogens with zero attached hydrogens (tertiary/aromatic N) is 1. The Kier molecular flexibility index (Phi) is 4.42. The van der Waals surface area contributed by atoms with Gasteiger partial charge in [-0.25, -0.2) is 4.39 Å². The van der Waals surface area contributed by atoms with Crippen LogP contribution in [0.1, 0.15) is 51.4 Å². The molecule has 1 unspecified atom stereocenters. The number of likely N-dealkylation sites (tertiary alicyclic amines) is 1. The molecule has 4 saturated carbocycles. The normalized spacial score (nSPS) is 36.0. The Morgan fingerprint density at radius 1 is 1.11 bits per heavy atom. The Balaban J connectivity index is 1.33. The first-order valence-electron chi connectivity index (χ1n) is 10.5. The van der Waals surface area contributed by atoms with Crippen LogP contribution in [0.5, 0.6) is 0 Å². The summed E-state index contributed by atoms with van der Waals surface area (Å²) in [5.41, 5.74) is 0.144. The Labute approximate surface area is 169 Å². The van der Waals surface area contributed by atoms with E-state index in [0.717, 1.165) is 25.7 Å². The molecule has 150 valence electrons.